The monoisotopic (exact) mass is 564 g/mol. The van der Waals surface area contributed by atoms with E-state index in [-0.39, 0.29) is 23.9 Å². The van der Waals surface area contributed by atoms with E-state index in [1.165, 1.54) is 11.1 Å². The third-order valence-corrected chi connectivity index (χ3v) is 8.38. The normalized spacial score (nSPS) is 18.8. The number of nitrogens with two attached hydrogens (primary N) is 3. The maximum Gasteiger partial charge on any atom is 0.240 e. The van der Waals surface area contributed by atoms with Crippen LogP contribution in [-0.4, -0.2) is 78.5 Å². The molecule has 4 atom stereocenters. The van der Waals surface area contributed by atoms with Crippen molar-refractivity contribution < 1.29 is 9.59 Å². The molecule has 1 aliphatic heterocycles. The minimum Gasteiger partial charge on any atom is -0.335 e. The van der Waals surface area contributed by atoms with Crippen LogP contribution in [0.15, 0.2) is 36.4 Å². The predicted molar refractivity (Wildman–Crippen MR) is 168 cm³/mol. The number of carbonyl (C=O) groups is 2. The van der Waals surface area contributed by atoms with E-state index < -0.39 is 12.1 Å². The van der Waals surface area contributed by atoms with Crippen molar-refractivity contribution in [1.29, 1.82) is 0 Å². The summed E-state index contributed by atoms with van der Waals surface area (Å²) in [6, 6.07) is 11.0. The van der Waals surface area contributed by atoms with Gasteiger partial charge in [-0.25, -0.2) is 0 Å². The molecule has 2 amide bonds. The summed E-state index contributed by atoms with van der Waals surface area (Å²) in [5.74, 6) is -0.103. The van der Waals surface area contributed by atoms with Crippen LogP contribution in [0.4, 0.5) is 0 Å². The van der Waals surface area contributed by atoms with Crippen molar-refractivity contribution in [2.75, 3.05) is 32.7 Å². The van der Waals surface area contributed by atoms with E-state index in [0.717, 1.165) is 54.6 Å². The molecule has 1 heterocycles. The number of hydrogen-bond donors (Lipinski definition) is 4. The second-order valence-electron chi connectivity index (χ2n) is 12.0. The largest absolute Gasteiger partial charge is 0.335 e. The van der Waals surface area contributed by atoms with Gasteiger partial charge in [0.05, 0.1) is 12.1 Å². The van der Waals surface area contributed by atoms with Crippen LogP contribution in [0.2, 0.25) is 0 Å². The Morgan fingerprint density at radius 3 is 1.88 bits per heavy atom. The summed E-state index contributed by atoms with van der Waals surface area (Å²) in [5.41, 5.74) is 25.5. The first-order valence-electron chi connectivity index (χ1n) is 15.2. The summed E-state index contributed by atoms with van der Waals surface area (Å²) in [6.07, 6.45) is 3.70. The molecule has 0 aliphatic carbocycles. The Morgan fingerprint density at radius 2 is 1.37 bits per heavy atom. The summed E-state index contributed by atoms with van der Waals surface area (Å²) in [5, 5.41) is 3.34. The average molecular weight is 565 g/mol. The van der Waals surface area contributed by atoms with Crippen LogP contribution in [0.1, 0.15) is 59.6 Å². The maximum atomic E-state index is 13.8. The van der Waals surface area contributed by atoms with Crippen molar-refractivity contribution >= 4 is 11.8 Å². The molecule has 0 saturated carbocycles. The lowest BCUT2D eigenvalue weighted by Gasteiger charge is -2.47. The molecule has 226 valence electrons. The molecule has 1 saturated heterocycles. The molecule has 8 heteroatoms. The fourth-order valence-electron chi connectivity index (χ4n) is 5.94. The second-order valence-corrected chi connectivity index (χ2v) is 12.0. The molecule has 1 fully saturated rings. The number of hydrogen-bond acceptors (Lipinski definition) is 6. The highest BCUT2D eigenvalue weighted by Gasteiger charge is 2.39. The van der Waals surface area contributed by atoms with Gasteiger partial charge in [0.15, 0.2) is 0 Å². The molecule has 0 radical (unpaired) electrons. The Bertz CT molecular complexity index is 1170. The van der Waals surface area contributed by atoms with Crippen molar-refractivity contribution in [1.82, 2.24) is 15.1 Å². The Kier molecular flexibility index (Phi) is 12.3. The van der Waals surface area contributed by atoms with Crippen LogP contribution < -0.4 is 22.5 Å². The number of benzene rings is 2. The Labute approximate surface area is 247 Å². The number of piperazine rings is 1. The highest BCUT2D eigenvalue weighted by atomic mass is 16.2. The Hall–Kier alpha value is -2.78. The van der Waals surface area contributed by atoms with Crippen molar-refractivity contribution in [3.05, 3.63) is 69.8 Å². The number of carbonyl (C=O) groups excluding carboxylic acids is 2. The van der Waals surface area contributed by atoms with Gasteiger partial charge in [-0.3, -0.25) is 9.59 Å². The third-order valence-electron chi connectivity index (χ3n) is 8.38. The molecule has 41 heavy (non-hydrogen) atoms. The van der Waals surface area contributed by atoms with Crippen LogP contribution in [0.25, 0.3) is 0 Å². The number of aryl methyl sites for hydroxylation is 4. The van der Waals surface area contributed by atoms with Gasteiger partial charge in [-0.1, -0.05) is 53.9 Å². The second kappa shape index (κ2) is 15.4. The summed E-state index contributed by atoms with van der Waals surface area (Å²) >= 11 is 0. The highest BCUT2D eigenvalue weighted by molar-refractivity contribution is 5.85. The molecular weight excluding hydrogens is 512 g/mol. The minimum absolute atomic E-state index is 0.0465. The molecule has 3 rings (SSSR count). The highest BCUT2D eigenvalue weighted by Crippen LogP contribution is 2.23. The lowest BCUT2D eigenvalue weighted by molar-refractivity contribution is -0.148. The van der Waals surface area contributed by atoms with E-state index in [4.69, 9.17) is 17.2 Å². The Morgan fingerprint density at radius 1 is 0.829 bits per heavy atom. The van der Waals surface area contributed by atoms with Gasteiger partial charge in [0, 0.05) is 38.3 Å². The number of amides is 2. The van der Waals surface area contributed by atoms with Crippen LogP contribution in [0.5, 0.6) is 0 Å². The first-order valence-corrected chi connectivity index (χ1v) is 15.2. The van der Waals surface area contributed by atoms with Gasteiger partial charge in [0.2, 0.25) is 11.8 Å². The zero-order chi connectivity index (χ0) is 30.1. The number of nitrogens with one attached hydrogen (secondary N) is 1. The topological polar surface area (TPSA) is 131 Å². The number of nitrogens with zero attached hydrogens (tertiary/aromatic N) is 2. The summed E-state index contributed by atoms with van der Waals surface area (Å²) in [6.45, 7) is 13.5. The molecule has 7 N–H and O–H groups in total. The lowest BCUT2D eigenvalue weighted by atomic mass is 9.95. The minimum atomic E-state index is -0.633. The fourth-order valence-corrected chi connectivity index (χ4v) is 5.94. The van der Waals surface area contributed by atoms with Gasteiger partial charge in [0.1, 0.15) is 0 Å². The van der Waals surface area contributed by atoms with Gasteiger partial charge in [-0.05, 0) is 89.1 Å². The van der Waals surface area contributed by atoms with Crippen LogP contribution >= 0.6 is 0 Å². The van der Waals surface area contributed by atoms with Gasteiger partial charge in [-0.15, -0.1) is 0 Å². The van der Waals surface area contributed by atoms with Crippen molar-refractivity contribution in [3.63, 3.8) is 0 Å². The smallest absolute Gasteiger partial charge is 0.240 e. The first-order chi connectivity index (χ1) is 19.5. The van der Waals surface area contributed by atoms with E-state index in [0.29, 0.717) is 32.5 Å². The molecule has 0 unspecified atom stereocenters. The number of unbranched alkanes of at least 4 members (excludes halogenated alkanes) is 1. The molecule has 2 aromatic rings. The van der Waals surface area contributed by atoms with E-state index in [1.807, 2.05) is 16.7 Å². The zero-order valence-corrected chi connectivity index (χ0v) is 25.8. The van der Waals surface area contributed by atoms with Gasteiger partial charge >= 0.3 is 0 Å². The molecule has 0 spiro atoms. The van der Waals surface area contributed by atoms with E-state index >= 15 is 0 Å². The van der Waals surface area contributed by atoms with Crippen LogP contribution in [0.3, 0.4) is 0 Å². The van der Waals surface area contributed by atoms with Crippen LogP contribution in [0, 0.1) is 27.7 Å². The summed E-state index contributed by atoms with van der Waals surface area (Å²) in [4.78, 5) is 31.3. The molecule has 8 nitrogen and oxygen atoms in total. The zero-order valence-electron chi connectivity index (χ0n) is 25.8. The lowest BCUT2D eigenvalue weighted by Crippen LogP contribution is -2.64. The van der Waals surface area contributed by atoms with Crippen molar-refractivity contribution in [3.8, 4) is 0 Å². The fraction of sp³-hybridized carbons (Fsp3) is 0.576. The Balaban J connectivity index is 1.72. The van der Waals surface area contributed by atoms with E-state index in [1.54, 1.807) is 0 Å². The van der Waals surface area contributed by atoms with Gasteiger partial charge in [0.25, 0.3) is 0 Å². The van der Waals surface area contributed by atoms with Crippen molar-refractivity contribution in [2.45, 2.75) is 90.9 Å². The molecule has 1 aliphatic rings. The SMILES string of the molecule is Cc1ccc(C[C@@H](N)C(=O)N2C[C@@H](C)N(C(=O)[C@H](N)Cc3ccc(C)cc3C)C[C@@H]2CCCCNCCN)c(C)c1. The molecule has 0 bridgehead atoms. The van der Waals surface area contributed by atoms with E-state index in [9.17, 15) is 9.59 Å². The average Bonchev–Trinajstić information content (AvgIpc) is 2.93. The van der Waals surface area contributed by atoms with E-state index in [2.05, 4.69) is 69.4 Å². The maximum absolute atomic E-state index is 13.8. The summed E-state index contributed by atoms with van der Waals surface area (Å²) < 4.78 is 0. The predicted octanol–water partition coefficient (Wildman–Crippen LogP) is 2.51. The number of rotatable bonds is 13. The third kappa shape index (κ3) is 9.10. The first kappa shape index (κ1) is 32.7. The quantitative estimate of drug-likeness (QED) is 0.277. The molecule has 0 aromatic heterocycles. The van der Waals surface area contributed by atoms with Gasteiger partial charge < -0.3 is 32.3 Å². The molecular formula is C33H52N6O2. The molecule has 2 aromatic carbocycles. The van der Waals surface area contributed by atoms with Crippen LogP contribution in [-0.2, 0) is 22.4 Å². The summed E-state index contributed by atoms with van der Waals surface area (Å²) in [7, 11) is 0. The standard InChI is InChI=1S/C33H52N6O2/c1-22-9-11-27(24(3)16-22)18-30(35)32(40)38-21-29(8-6-7-14-37-15-13-34)39(20-26(38)5)33(41)31(36)19-28-12-10-23(2)17-25(28)4/h9-12,16-17,26,29-31,37H,6-8,13-15,18-21,34-36H2,1-5H3/t26-,29+,30-,31-/m1/s1. The van der Waals surface area contributed by atoms with Crippen molar-refractivity contribution in [2.24, 2.45) is 17.2 Å². The van der Waals surface area contributed by atoms with Gasteiger partial charge in [-0.2, -0.15) is 0 Å².